The van der Waals surface area contributed by atoms with E-state index in [4.69, 9.17) is 0 Å². The first-order valence-corrected chi connectivity index (χ1v) is 9.17. The van der Waals surface area contributed by atoms with Crippen LogP contribution >= 0.6 is 0 Å². The quantitative estimate of drug-likeness (QED) is 0.705. The summed E-state index contributed by atoms with van der Waals surface area (Å²) in [6.45, 7) is 7.26. The van der Waals surface area contributed by atoms with E-state index >= 15 is 0 Å². The smallest absolute Gasteiger partial charge is 0.223 e. The molecule has 0 saturated carbocycles. The molecule has 5 nitrogen and oxygen atoms in total. The fraction of sp³-hybridized carbons (Fsp3) is 0.318. The average molecular weight is 362 g/mol. The molecule has 0 aliphatic rings. The third-order valence-corrected chi connectivity index (χ3v) is 4.17. The van der Waals surface area contributed by atoms with Crippen LogP contribution in [0.15, 0.2) is 61.1 Å². The molecule has 5 heteroatoms. The zero-order valence-electron chi connectivity index (χ0n) is 16.1. The molecule has 2 heterocycles. The molecule has 0 bridgehead atoms. The molecule has 1 N–H and O–H groups in total. The third kappa shape index (κ3) is 5.51. The highest BCUT2D eigenvalue weighted by Gasteiger charge is 2.22. The van der Waals surface area contributed by atoms with Crippen molar-refractivity contribution in [3.05, 3.63) is 72.3 Å². The van der Waals surface area contributed by atoms with Gasteiger partial charge in [-0.2, -0.15) is 0 Å². The lowest BCUT2D eigenvalue weighted by Crippen LogP contribution is -2.33. The SMILES string of the molecule is CC(C)(C)CC(=O)N(Cc1cccnc1)Cc1cnc(-c2ccccc2)[nH]1. The number of benzene rings is 1. The number of carbonyl (C=O) groups is 1. The van der Waals surface area contributed by atoms with Crippen LogP contribution in [0.3, 0.4) is 0 Å². The summed E-state index contributed by atoms with van der Waals surface area (Å²) >= 11 is 0. The van der Waals surface area contributed by atoms with Gasteiger partial charge in [-0.25, -0.2) is 4.98 Å². The Hall–Kier alpha value is -2.95. The van der Waals surface area contributed by atoms with Crippen molar-refractivity contribution in [2.75, 3.05) is 0 Å². The van der Waals surface area contributed by atoms with Gasteiger partial charge in [-0.3, -0.25) is 9.78 Å². The Morgan fingerprint density at radius 3 is 2.48 bits per heavy atom. The van der Waals surface area contributed by atoms with Gasteiger partial charge in [-0.15, -0.1) is 0 Å². The molecule has 140 valence electrons. The summed E-state index contributed by atoms with van der Waals surface area (Å²) in [5.74, 6) is 0.942. The van der Waals surface area contributed by atoms with Crippen LogP contribution < -0.4 is 0 Å². The van der Waals surface area contributed by atoms with Crippen LogP contribution in [0.25, 0.3) is 11.4 Å². The molecular formula is C22H26N4O. The first-order chi connectivity index (χ1) is 12.9. The van der Waals surface area contributed by atoms with Gasteiger partial charge in [-0.1, -0.05) is 57.2 Å². The lowest BCUT2D eigenvalue weighted by atomic mass is 9.91. The van der Waals surface area contributed by atoms with Gasteiger partial charge in [0.05, 0.1) is 18.4 Å². The third-order valence-electron chi connectivity index (χ3n) is 4.17. The molecule has 0 aliphatic carbocycles. The standard InChI is InChI=1S/C22H26N4O/c1-22(2,3)12-20(27)26(15-17-8-7-11-23-13-17)16-19-14-24-21(25-19)18-9-5-4-6-10-18/h4-11,13-14H,12,15-16H2,1-3H3,(H,24,25). The predicted octanol–water partition coefficient (Wildman–Crippen LogP) is 4.44. The van der Waals surface area contributed by atoms with Crippen molar-refractivity contribution in [3.8, 4) is 11.4 Å². The van der Waals surface area contributed by atoms with E-state index in [-0.39, 0.29) is 11.3 Å². The number of rotatable bonds is 6. The van der Waals surface area contributed by atoms with E-state index < -0.39 is 0 Å². The highest BCUT2D eigenvalue weighted by molar-refractivity contribution is 5.76. The second-order valence-electron chi connectivity index (χ2n) is 7.97. The molecule has 27 heavy (non-hydrogen) atoms. The van der Waals surface area contributed by atoms with Crippen molar-refractivity contribution in [1.29, 1.82) is 0 Å². The maximum atomic E-state index is 12.9. The van der Waals surface area contributed by atoms with Gasteiger partial charge in [0.1, 0.15) is 5.82 Å². The molecule has 0 spiro atoms. The Labute approximate surface area is 160 Å². The van der Waals surface area contributed by atoms with Crippen molar-refractivity contribution in [2.24, 2.45) is 5.41 Å². The van der Waals surface area contributed by atoms with Crippen LogP contribution in [-0.2, 0) is 17.9 Å². The molecule has 1 amide bonds. The van der Waals surface area contributed by atoms with E-state index in [1.165, 1.54) is 0 Å². The fourth-order valence-electron chi connectivity index (χ4n) is 2.90. The monoisotopic (exact) mass is 362 g/mol. The largest absolute Gasteiger partial charge is 0.340 e. The van der Waals surface area contributed by atoms with Gasteiger partial charge < -0.3 is 9.88 Å². The first kappa shape index (κ1) is 18.8. The normalized spacial score (nSPS) is 11.4. The summed E-state index contributed by atoms with van der Waals surface area (Å²) in [7, 11) is 0. The van der Waals surface area contributed by atoms with Gasteiger partial charge in [0.2, 0.25) is 5.91 Å². The van der Waals surface area contributed by atoms with E-state index in [0.29, 0.717) is 19.5 Å². The summed E-state index contributed by atoms with van der Waals surface area (Å²) < 4.78 is 0. The molecule has 2 aromatic heterocycles. The predicted molar refractivity (Wildman–Crippen MR) is 107 cm³/mol. The minimum atomic E-state index is -0.0620. The maximum absolute atomic E-state index is 12.9. The summed E-state index contributed by atoms with van der Waals surface area (Å²) in [6.07, 6.45) is 5.85. The molecule has 0 atom stereocenters. The molecule has 0 unspecified atom stereocenters. The van der Waals surface area contributed by atoms with Gasteiger partial charge >= 0.3 is 0 Å². The zero-order valence-corrected chi connectivity index (χ0v) is 16.1. The Balaban J connectivity index is 1.78. The Morgan fingerprint density at radius 2 is 1.81 bits per heavy atom. The molecule has 3 aromatic rings. The van der Waals surface area contributed by atoms with Gasteiger partial charge in [0.15, 0.2) is 0 Å². The second-order valence-corrected chi connectivity index (χ2v) is 7.97. The van der Waals surface area contributed by atoms with E-state index in [0.717, 1.165) is 22.6 Å². The molecular weight excluding hydrogens is 336 g/mol. The maximum Gasteiger partial charge on any atom is 0.223 e. The lowest BCUT2D eigenvalue weighted by molar-refractivity contribution is -0.134. The number of nitrogens with zero attached hydrogens (tertiary/aromatic N) is 3. The summed E-state index contributed by atoms with van der Waals surface area (Å²) in [5, 5.41) is 0. The average Bonchev–Trinajstić information content (AvgIpc) is 3.10. The number of hydrogen-bond acceptors (Lipinski definition) is 3. The molecule has 1 aromatic carbocycles. The number of nitrogens with one attached hydrogen (secondary N) is 1. The van der Waals surface area contributed by atoms with E-state index in [1.54, 1.807) is 12.4 Å². The van der Waals surface area contributed by atoms with Crippen LogP contribution in [0.2, 0.25) is 0 Å². The number of hydrogen-bond donors (Lipinski definition) is 1. The lowest BCUT2D eigenvalue weighted by Gasteiger charge is -2.26. The van der Waals surface area contributed by atoms with Gasteiger partial charge in [-0.05, 0) is 17.0 Å². The number of aromatic amines is 1. The number of pyridine rings is 1. The fourth-order valence-corrected chi connectivity index (χ4v) is 2.90. The van der Waals surface area contributed by atoms with Crippen LogP contribution in [0.4, 0.5) is 0 Å². The van der Waals surface area contributed by atoms with Gasteiger partial charge in [0.25, 0.3) is 0 Å². The Kier molecular flexibility index (Phi) is 5.69. The Morgan fingerprint density at radius 1 is 1.04 bits per heavy atom. The van der Waals surface area contributed by atoms with Crippen LogP contribution in [0.1, 0.15) is 38.4 Å². The molecule has 0 radical (unpaired) electrons. The molecule has 3 rings (SSSR count). The van der Waals surface area contributed by atoms with Crippen molar-refractivity contribution in [3.63, 3.8) is 0 Å². The van der Waals surface area contributed by atoms with Crippen molar-refractivity contribution >= 4 is 5.91 Å². The molecule has 0 fully saturated rings. The zero-order chi connectivity index (χ0) is 19.3. The van der Waals surface area contributed by atoms with E-state index in [2.05, 4.69) is 35.7 Å². The molecule has 0 saturated heterocycles. The number of aromatic nitrogens is 3. The number of imidazole rings is 1. The van der Waals surface area contributed by atoms with Crippen LogP contribution in [-0.4, -0.2) is 25.8 Å². The van der Waals surface area contributed by atoms with Crippen molar-refractivity contribution in [2.45, 2.75) is 40.3 Å². The highest BCUT2D eigenvalue weighted by Crippen LogP contribution is 2.22. The summed E-state index contributed by atoms with van der Waals surface area (Å²) in [5.41, 5.74) is 2.90. The minimum Gasteiger partial charge on any atom is -0.340 e. The topological polar surface area (TPSA) is 61.9 Å². The van der Waals surface area contributed by atoms with Crippen molar-refractivity contribution < 1.29 is 4.79 Å². The van der Waals surface area contributed by atoms with Crippen molar-refractivity contribution in [1.82, 2.24) is 19.9 Å². The summed E-state index contributed by atoms with van der Waals surface area (Å²) in [6, 6.07) is 13.9. The minimum absolute atomic E-state index is 0.0620. The highest BCUT2D eigenvalue weighted by atomic mass is 16.2. The van der Waals surface area contributed by atoms with Crippen LogP contribution in [0.5, 0.6) is 0 Å². The van der Waals surface area contributed by atoms with E-state index in [1.807, 2.05) is 53.6 Å². The molecule has 0 aliphatic heterocycles. The van der Waals surface area contributed by atoms with Gasteiger partial charge in [0, 0.05) is 30.9 Å². The number of H-pyrrole nitrogens is 1. The first-order valence-electron chi connectivity index (χ1n) is 9.17. The second kappa shape index (κ2) is 8.16. The Bertz CT molecular complexity index is 866. The number of amides is 1. The van der Waals surface area contributed by atoms with E-state index in [9.17, 15) is 4.79 Å². The summed E-state index contributed by atoms with van der Waals surface area (Å²) in [4.78, 5) is 26.8. The van der Waals surface area contributed by atoms with Crippen LogP contribution in [0, 0.1) is 5.41 Å². The number of carbonyl (C=O) groups excluding carboxylic acids is 1.